The highest BCUT2D eigenvalue weighted by molar-refractivity contribution is 5.83. The van der Waals surface area contributed by atoms with Gasteiger partial charge in [0.15, 0.2) is 0 Å². The molecule has 0 bridgehead atoms. The summed E-state index contributed by atoms with van der Waals surface area (Å²) in [6, 6.07) is 13.8. The van der Waals surface area contributed by atoms with Gasteiger partial charge in [0.05, 0.1) is 0 Å². The summed E-state index contributed by atoms with van der Waals surface area (Å²) in [5.41, 5.74) is 2.90. The fourth-order valence-electron chi connectivity index (χ4n) is 2.61. The number of aryl methyl sites for hydroxylation is 2. The van der Waals surface area contributed by atoms with Crippen LogP contribution in [-0.4, -0.2) is 13.7 Å². The maximum atomic E-state index is 5.10. The number of methoxy groups -OCH3 is 1. The molecule has 108 valence electrons. The van der Waals surface area contributed by atoms with Gasteiger partial charge in [0.1, 0.15) is 0 Å². The third kappa shape index (κ3) is 4.35. The Labute approximate surface area is 123 Å². The van der Waals surface area contributed by atoms with Crippen LogP contribution in [0, 0.1) is 0 Å². The van der Waals surface area contributed by atoms with E-state index in [2.05, 4.69) is 43.3 Å². The quantitative estimate of drug-likeness (QED) is 0.603. The first-order chi connectivity index (χ1) is 9.83. The number of unbranched alkanes of at least 4 members (excludes halogenated alkanes) is 2. The molecule has 0 amide bonds. The van der Waals surface area contributed by atoms with Gasteiger partial charge in [-0.15, -0.1) is 0 Å². The van der Waals surface area contributed by atoms with Crippen molar-refractivity contribution in [3.63, 3.8) is 0 Å². The van der Waals surface area contributed by atoms with Crippen molar-refractivity contribution in [2.24, 2.45) is 0 Å². The summed E-state index contributed by atoms with van der Waals surface area (Å²) in [5.74, 6) is 0. The van der Waals surface area contributed by atoms with Crippen LogP contribution in [0.25, 0.3) is 10.8 Å². The molecule has 1 heteroatoms. The molecule has 2 aromatic rings. The predicted molar refractivity (Wildman–Crippen MR) is 87.4 cm³/mol. The molecule has 0 aromatic heterocycles. The van der Waals surface area contributed by atoms with Crippen LogP contribution < -0.4 is 0 Å². The first-order valence-corrected chi connectivity index (χ1v) is 7.84. The third-order valence-electron chi connectivity index (χ3n) is 3.85. The largest absolute Gasteiger partial charge is 0.385 e. The van der Waals surface area contributed by atoms with Crippen molar-refractivity contribution in [1.82, 2.24) is 0 Å². The van der Waals surface area contributed by atoms with Crippen LogP contribution in [0.2, 0.25) is 0 Å². The summed E-state index contributed by atoms with van der Waals surface area (Å²) in [7, 11) is 1.77. The van der Waals surface area contributed by atoms with E-state index in [1.807, 2.05) is 0 Å². The van der Waals surface area contributed by atoms with Crippen molar-refractivity contribution in [2.45, 2.75) is 45.4 Å². The van der Waals surface area contributed by atoms with Gasteiger partial charge in [-0.2, -0.15) is 0 Å². The van der Waals surface area contributed by atoms with E-state index in [-0.39, 0.29) is 0 Å². The summed E-state index contributed by atoms with van der Waals surface area (Å²) in [6.45, 7) is 3.12. The molecule has 0 fully saturated rings. The Bertz CT molecular complexity index is 530. The Hall–Kier alpha value is -1.34. The average Bonchev–Trinajstić information content (AvgIpc) is 2.49. The molecule has 0 aliphatic heterocycles. The Balaban J connectivity index is 2.02. The molecule has 0 radical (unpaired) electrons. The van der Waals surface area contributed by atoms with Crippen molar-refractivity contribution in [3.05, 3.63) is 47.5 Å². The molecular weight excluding hydrogens is 244 g/mol. The number of hydrogen-bond acceptors (Lipinski definition) is 1. The molecule has 0 N–H and O–H groups in total. The SMILES string of the molecule is CCCCc1ccc2cc(CCCCOC)ccc2c1. The zero-order chi connectivity index (χ0) is 14.2. The van der Waals surface area contributed by atoms with E-state index >= 15 is 0 Å². The van der Waals surface area contributed by atoms with Crippen LogP contribution in [0.1, 0.15) is 43.7 Å². The van der Waals surface area contributed by atoms with E-state index < -0.39 is 0 Å². The van der Waals surface area contributed by atoms with Gasteiger partial charge < -0.3 is 4.74 Å². The highest BCUT2D eigenvalue weighted by Gasteiger charge is 1.99. The summed E-state index contributed by atoms with van der Waals surface area (Å²) in [6.07, 6.45) is 7.24. The second-order valence-corrected chi connectivity index (χ2v) is 5.57. The normalized spacial score (nSPS) is 11.1. The average molecular weight is 270 g/mol. The Morgan fingerprint density at radius 2 is 1.40 bits per heavy atom. The third-order valence-corrected chi connectivity index (χ3v) is 3.85. The molecule has 2 aromatic carbocycles. The van der Waals surface area contributed by atoms with E-state index in [0.29, 0.717) is 0 Å². The van der Waals surface area contributed by atoms with Crippen LogP contribution in [0.5, 0.6) is 0 Å². The summed E-state index contributed by atoms with van der Waals surface area (Å²) in [4.78, 5) is 0. The standard InChI is InChI=1S/C19H26O/c1-3-4-7-16-9-11-19-15-17(8-5-6-13-20-2)10-12-18(19)14-16/h9-12,14-15H,3-8,13H2,1-2H3. The molecule has 0 unspecified atom stereocenters. The van der Waals surface area contributed by atoms with Gasteiger partial charge in [0.2, 0.25) is 0 Å². The highest BCUT2D eigenvalue weighted by atomic mass is 16.5. The lowest BCUT2D eigenvalue weighted by Crippen LogP contribution is -1.92. The second-order valence-electron chi connectivity index (χ2n) is 5.57. The monoisotopic (exact) mass is 270 g/mol. The van der Waals surface area contributed by atoms with Crippen LogP contribution >= 0.6 is 0 Å². The van der Waals surface area contributed by atoms with Crippen molar-refractivity contribution in [2.75, 3.05) is 13.7 Å². The minimum absolute atomic E-state index is 0.869. The van der Waals surface area contributed by atoms with Crippen LogP contribution in [0.4, 0.5) is 0 Å². The molecule has 20 heavy (non-hydrogen) atoms. The molecule has 0 saturated heterocycles. The topological polar surface area (TPSA) is 9.23 Å². The van der Waals surface area contributed by atoms with Gasteiger partial charge in [0.25, 0.3) is 0 Å². The Kier molecular flexibility index (Phi) is 6.07. The van der Waals surface area contributed by atoms with Gasteiger partial charge >= 0.3 is 0 Å². The van der Waals surface area contributed by atoms with Gasteiger partial charge in [0, 0.05) is 13.7 Å². The lowest BCUT2D eigenvalue weighted by molar-refractivity contribution is 0.193. The molecule has 0 aliphatic rings. The van der Waals surface area contributed by atoms with E-state index in [9.17, 15) is 0 Å². The molecule has 0 heterocycles. The fourth-order valence-corrected chi connectivity index (χ4v) is 2.61. The lowest BCUT2D eigenvalue weighted by atomic mass is 10.00. The maximum absolute atomic E-state index is 5.10. The molecule has 0 spiro atoms. The van der Waals surface area contributed by atoms with Crippen LogP contribution in [0.3, 0.4) is 0 Å². The molecule has 0 atom stereocenters. The van der Waals surface area contributed by atoms with Crippen molar-refractivity contribution in [1.29, 1.82) is 0 Å². The lowest BCUT2D eigenvalue weighted by Gasteiger charge is -2.06. The summed E-state index contributed by atoms with van der Waals surface area (Å²) < 4.78 is 5.10. The fraction of sp³-hybridized carbons (Fsp3) is 0.474. The first kappa shape index (κ1) is 15.1. The predicted octanol–water partition coefficient (Wildman–Crippen LogP) is 5.15. The number of rotatable bonds is 8. The zero-order valence-corrected chi connectivity index (χ0v) is 12.8. The van der Waals surface area contributed by atoms with Crippen LogP contribution in [-0.2, 0) is 17.6 Å². The van der Waals surface area contributed by atoms with Gasteiger partial charge in [-0.3, -0.25) is 0 Å². The Morgan fingerprint density at radius 1 is 0.800 bits per heavy atom. The van der Waals surface area contributed by atoms with E-state index in [1.54, 1.807) is 7.11 Å². The molecule has 0 aliphatic carbocycles. The highest BCUT2D eigenvalue weighted by Crippen LogP contribution is 2.20. The van der Waals surface area contributed by atoms with E-state index in [1.165, 1.54) is 47.6 Å². The molecule has 2 rings (SSSR count). The smallest absolute Gasteiger partial charge is 0.0462 e. The zero-order valence-electron chi connectivity index (χ0n) is 12.8. The molecule has 1 nitrogen and oxygen atoms in total. The minimum Gasteiger partial charge on any atom is -0.385 e. The molecular formula is C19H26O. The van der Waals surface area contributed by atoms with Gasteiger partial charge in [-0.05, 0) is 54.0 Å². The van der Waals surface area contributed by atoms with E-state index in [0.717, 1.165) is 19.4 Å². The minimum atomic E-state index is 0.869. The van der Waals surface area contributed by atoms with Crippen molar-refractivity contribution in [3.8, 4) is 0 Å². The van der Waals surface area contributed by atoms with Crippen molar-refractivity contribution >= 4 is 10.8 Å². The Morgan fingerprint density at radius 3 is 1.95 bits per heavy atom. The van der Waals surface area contributed by atoms with Crippen LogP contribution in [0.15, 0.2) is 36.4 Å². The first-order valence-electron chi connectivity index (χ1n) is 7.84. The summed E-state index contributed by atoms with van der Waals surface area (Å²) in [5, 5.41) is 2.74. The second kappa shape index (κ2) is 8.06. The number of ether oxygens (including phenoxy) is 1. The maximum Gasteiger partial charge on any atom is 0.0462 e. The number of hydrogen-bond donors (Lipinski definition) is 0. The van der Waals surface area contributed by atoms with Crippen molar-refractivity contribution < 1.29 is 4.74 Å². The number of fused-ring (bicyclic) bond motifs is 1. The summed E-state index contributed by atoms with van der Waals surface area (Å²) >= 11 is 0. The molecule has 0 saturated carbocycles. The van der Waals surface area contributed by atoms with E-state index in [4.69, 9.17) is 4.74 Å². The van der Waals surface area contributed by atoms with Gasteiger partial charge in [-0.1, -0.05) is 49.7 Å². The number of benzene rings is 2. The van der Waals surface area contributed by atoms with Gasteiger partial charge in [-0.25, -0.2) is 0 Å².